The summed E-state index contributed by atoms with van der Waals surface area (Å²) in [6.07, 6.45) is 8.73. The second-order valence-electron chi connectivity index (χ2n) is 5.92. The van der Waals surface area contributed by atoms with E-state index in [4.69, 9.17) is 32.7 Å². The van der Waals surface area contributed by atoms with Crippen LogP contribution in [0.4, 0.5) is 0 Å². The van der Waals surface area contributed by atoms with Crippen molar-refractivity contribution in [1.82, 2.24) is 4.57 Å². The topological polar surface area (TPSA) is 73.1 Å². The van der Waals surface area contributed by atoms with Crippen LogP contribution in [-0.4, -0.2) is 28.5 Å². The van der Waals surface area contributed by atoms with Crippen molar-refractivity contribution in [2.45, 2.75) is 13.2 Å². The van der Waals surface area contributed by atoms with Crippen molar-refractivity contribution in [3.05, 3.63) is 64.8 Å². The number of ether oxygens (including phenoxy) is 1. The van der Waals surface area contributed by atoms with Crippen LogP contribution in [0, 0.1) is 12.3 Å². The van der Waals surface area contributed by atoms with Crippen LogP contribution in [0.25, 0.3) is 10.9 Å². The number of hydrogen-bond donors (Lipinski definition) is 1. The molecule has 1 aromatic heterocycles. The molecule has 1 N–H and O–H groups in total. The molecule has 1 heterocycles. The van der Waals surface area contributed by atoms with E-state index in [0.29, 0.717) is 23.9 Å². The summed E-state index contributed by atoms with van der Waals surface area (Å²) < 4.78 is 7.77. The molecule has 3 rings (SSSR count). The Hall–Kier alpha value is -3.43. The maximum absolute atomic E-state index is 10.5. The summed E-state index contributed by atoms with van der Waals surface area (Å²) in [5.41, 5.74) is 2.61. The highest BCUT2D eigenvalue weighted by Gasteiger charge is 2.09. The highest BCUT2D eigenvalue weighted by atomic mass is 35.5. The van der Waals surface area contributed by atoms with E-state index in [1.165, 1.54) is 6.21 Å². The van der Waals surface area contributed by atoms with E-state index in [1.807, 2.05) is 53.2 Å². The van der Waals surface area contributed by atoms with Gasteiger partial charge in [0.05, 0.1) is 12.8 Å². The molecule has 0 bridgehead atoms. The van der Waals surface area contributed by atoms with Crippen LogP contribution >= 0.6 is 11.6 Å². The molecule has 28 heavy (non-hydrogen) atoms. The monoisotopic (exact) mass is 396 g/mol. The molecule has 0 saturated heterocycles. The molecule has 142 valence electrons. The second-order valence-corrected chi connectivity index (χ2v) is 6.35. The summed E-state index contributed by atoms with van der Waals surface area (Å²) in [7, 11) is 0. The Labute approximate surface area is 166 Å². The van der Waals surface area contributed by atoms with Gasteiger partial charge in [0, 0.05) is 27.7 Å². The van der Waals surface area contributed by atoms with Gasteiger partial charge in [0.15, 0.2) is 0 Å². The molecule has 0 spiro atoms. The quantitative estimate of drug-likeness (QED) is 0.355. The fourth-order valence-electron chi connectivity index (χ4n) is 2.71. The number of halogens is 1. The van der Waals surface area contributed by atoms with Gasteiger partial charge in [0.2, 0.25) is 6.61 Å². The third-order valence-corrected chi connectivity index (χ3v) is 4.13. The Morgan fingerprint density at radius 2 is 2.18 bits per heavy atom. The smallest absolute Gasteiger partial charge is 0.344 e. The largest absolute Gasteiger partial charge is 0.489 e. The lowest BCUT2D eigenvalue weighted by atomic mass is 10.2. The lowest BCUT2D eigenvalue weighted by Crippen LogP contribution is -2.03. The number of hydrogen-bond acceptors (Lipinski definition) is 4. The van der Waals surface area contributed by atoms with Crippen LogP contribution in [0.3, 0.4) is 0 Å². The first kappa shape index (κ1) is 19.3. The number of fused-ring (bicyclic) bond motifs is 1. The maximum Gasteiger partial charge on any atom is 0.344 e. The maximum atomic E-state index is 10.5. The predicted octanol–water partition coefficient (Wildman–Crippen LogP) is 3.94. The number of aliphatic carboxylic acids is 1. The molecule has 3 aromatic rings. The average molecular weight is 397 g/mol. The van der Waals surface area contributed by atoms with Gasteiger partial charge in [-0.2, -0.15) is 0 Å². The van der Waals surface area contributed by atoms with Crippen molar-refractivity contribution in [2.24, 2.45) is 5.16 Å². The van der Waals surface area contributed by atoms with Crippen molar-refractivity contribution in [3.8, 4) is 18.1 Å². The van der Waals surface area contributed by atoms with E-state index in [-0.39, 0.29) is 0 Å². The molecule has 0 fully saturated rings. The SMILES string of the molecule is C#CCn1cc(/C=N/OCC(=O)O)c2cc(OCc3cccc(Cl)c3)ccc21. The fraction of sp³-hybridized carbons (Fsp3) is 0.143. The molecule has 7 heteroatoms. The first-order valence-electron chi connectivity index (χ1n) is 8.37. The minimum Gasteiger partial charge on any atom is -0.489 e. The summed E-state index contributed by atoms with van der Waals surface area (Å²) in [5.74, 6) is 2.18. The van der Waals surface area contributed by atoms with Crippen LogP contribution in [0.2, 0.25) is 5.02 Å². The number of oxime groups is 1. The van der Waals surface area contributed by atoms with Gasteiger partial charge in [-0.1, -0.05) is 34.8 Å². The third kappa shape index (κ3) is 4.84. The summed E-state index contributed by atoms with van der Waals surface area (Å²) in [6.45, 7) is 0.263. The number of rotatable bonds is 8. The van der Waals surface area contributed by atoms with E-state index in [1.54, 1.807) is 0 Å². The lowest BCUT2D eigenvalue weighted by molar-refractivity contribution is -0.142. The Kier molecular flexibility index (Phi) is 6.20. The summed E-state index contributed by atoms with van der Waals surface area (Å²) in [4.78, 5) is 15.3. The third-order valence-electron chi connectivity index (χ3n) is 3.89. The molecule has 2 aromatic carbocycles. The predicted molar refractivity (Wildman–Crippen MR) is 108 cm³/mol. The van der Waals surface area contributed by atoms with Gasteiger partial charge in [-0.3, -0.25) is 0 Å². The molecule has 0 atom stereocenters. The van der Waals surface area contributed by atoms with Gasteiger partial charge in [-0.05, 0) is 35.9 Å². The van der Waals surface area contributed by atoms with Crippen molar-refractivity contribution in [3.63, 3.8) is 0 Å². The fourth-order valence-corrected chi connectivity index (χ4v) is 2.92. The number of aromatic nitrogens is 1. The standard InChI is InChI=1S/C21H17ClN2O4/c1-2-8-24-12-16(11-23-28-14-21(25)26)19-10-18(6-7-20(19)24)27-13-15-4-3-5-17(22)9-15/h1,3-7,9-12H,8,13-14H2,(H,25,26)/b23-11+. The van der Waals surface area contributed by atoms with Crippen molar-refractivity contribution >= 4 is 34.7 Å². The molecule has 6 nitrogen and oxygen atoms in total. The van der Waals surface area contributed by atoms with Crippen molar-refractivity contribution < 1.29 is 19.5 Å². The van der Waals surface area contributed by atoms with Gasteiger partial charge >= 0.3 is 5.97 Å². The molecular formula is C21H17ClN2O4. The second kappa shape index (κ2) is 8.98. The van der Waals surface area contributed by atoms with Crippen LogP contribution in [-0.2, 0) is 22.8 Å². The Morgan fingerprint density at radius 1 is 1.32 bits per heavy atom. The van der Waals surface area contributed by atoms with Crippen LogP contribution in [0.1, 0.15) is 11.1 Å². The van der Waals surface area contributed by atoms with Gasteiger partial charge in [-0.15, -0.1) is 6.42 Å². The summed E-state index contributed by atoms with van der Waals surface area (Å²) in [5, 5.41) is 13.8. The molecular weight excluding hydrogens is 380 g/mol. The molecule has 0 aliphatic rings. The minimum absolute atomic E-state index is 0.377. The summed E-state index contributed by atoms with van der Waals surface area (Å²) >= 11 is 6.00. The van der Waals surface area contributed by atoms with Crippen LogP contribution < -0.4 is 4.74 Å². The van der Waals surface area contributed by atoms with E-state index in [0.717, 1.165) is 22.0 Å². The molecule has 0 aliphatic heterocycles. The van der Waals surface area contributed by atoms with E-state index in [2.05, 4.69) is 11.1 Å². The lowest BCUT2D eigenvalue weighted by Gasteiger charge is -2.08. The Morgan fingerprint density at radius 3 is 2.93 bits per heavy atom. The minimum atomic E-state index is -1.09. The molecule has 0 unspecified atom stereocenters. The van der Waals surface area contributed by atoms with Gasteiger partial charge in [0.1, 0.15) is 12.4 Å². The zero-order valence-corrected chi connectivity index (χ0v) is 15.6. The zero-order chi connectivity index (χ0) is 19.9. The van der Waals surface area contributed by atoms with Crippen molar-refractivity contribution in [1.29, 1.82) is 0 Å². The van der Waals surface area contributed by atoms with Gasteiger partial charge < -0.3 is 19.2 Å². The molecule has 0 aliphatic carbocycles. The normalized spacial score (nSPS) is 10.9. The Bertz CT molecular complexity index is 1070. The molecule has 0 amide bonds. The van der Waals surface area contributed by atoms with E-state index < -0.39 is 12.6 Å². The Balaban J connectivity index is 1.84. The highest BCUT2D eigenvalue weighted by molar-refractivity contribution is 6.30. The van der Waals surface area contributed by atoms with Crippen molar-refractivity contribution in [2.75, 3.05) is 6.61 Å². The number of benzene rings is 2. The molecule has 0 saturated carbocycles. The van der Waals surface area contributed by atoms with E-state index >= 15 is 0 Å². The molecule has 0 radical (unpaired) electrons. The zero-order valence-electron chi connectivity index (χ0n) is 14.8. The van der Waals surface area contributed by atoms with Crippen LogP contribution in [0.5, 0.6) is 5.75 Å². The van der Waals surface area contributed by atoms with Crippen LogP contribution in [0.15, 0.2) is 53.8 Å². The number of carboxylic acids is 1. The van der Waals surface area contributed by atoms with E-state index in [9.17, 15) is 4.79 Å². The number of nitrogens with zero attached hydrogens (tertiary/aromatic N) is 2. The summed E-state index contributed by atoms with van der Waals surface area (Å²) in [6, 6.07) is 13.1. The number of carboxylic acid groups (broad SMARTS) is 1. The van der Waals surface area contributed by atoms with Gasteiger partial charge in [-0.25, -0.2) is 4.79 Å². The number of carbonyl (C=O) groups is 1. The highest BCUT2D eigenvalue weighted by Crippen LogP contribution is 2.26. The number of terminal acetylenes is 1. The first-order chi connectivity index (χ1) is 13.6. The average Bonchev–Trinajstić information content (AvgIpc) is 3.01. The van der Waals surface area contributed by atoms with Gasteiger partial charge in [0.25, 0.3) is 0 Å². The first-order valence-corrected chi connectivity index (χ1v) is 8.75.